The Morgan fingerprint density at radius 2 is 0.538 bits per heavy atom. The van der Waals surface area contributed by atoms with Gasteiger partial charge >= 0.3 is 0 Å². The van der Waals surface area contributed by atoms with Crippen LogP contribution in [-0.2, 0) is 57.8 Å². The molecule has 0 saturated heterocycles. The number of hydrogen-bond acceptors (Lipinski definition) is 10. The van der Waals surface area contributed by atoms with Crippen molar-refractivity contribution >= 4 is 91.4 Å². The molecule has 9 aromatic carbocycles. The second-order valence-corrected chi connectivity index (χ2v) is 41.5. The lowest BCUT2D eigenvalue weighted by molar-refractivity contribution is 0.286. The summed E-state index contributed by atoms with van der Waals surface area (Å²) in [5.41, 5.74) is 42.1. The van der Waals surface area contributed by atoms with Gasteiger partial charge in [0, 0.05) is 91.1 Å². The summed E-state index contributed by atoms with van der Waals surface area (Å²) < 4.78 is 17.1. The Kier molecular flexibility index (Phi) is 37.8. The zero-order valence-electron chi connectivity index (χ0n) is 83.7. The molecule has 0 saturated carbocycles. The predicted molar refractivity (Wildman–Crippen MR) is 566 cm³/mol. The second kappa shape index (κ2) is 48.1. The predicted octanol–water partition coefficient (Wildman–Crippen LogP) is 33.0. The van der Waals surface area contributed by atoms with E-state index in [0.29, 0.717) is 53.3 Å². The van der Waals surface area contributed by atoms with Crippen molar-refractivity contribution in [3.63, 3.8) is 0 Å². The zero-order valence-corrected chi connectivity index (χ0v) is 86.7. The molecule has 1 aromatic heterocycles. The summed E-state index contributed by atoms with van der Waals surface area (Å²) in [6.07, 6.45) is 21.9. The highest BCUT2D eigenvalue weighted by Crippen LogP contribution is 2.45. The number of anilines is 6. The van der Waals surface area contributed by atoms with Crippen molar-refractivity contribution < 1.29 is 14.2 Å². The third kappa shape index (κ3) is 25.2. The standard InChI is InChI=1S/C14H15NO.2C13H17ClO.4C13H19N.2C12H16ClN/c1-9(2)11-3-4-12-13-10(6-8-16-12)5-7-15-14(11)13;2*1-8(2)11-7-9(3)13-10(12(11)14)5-4-6-15-13;4*1-9(2)12-7-6-11-5-4-8-14-13(11)10(12)3;2*1-8(2)10-6-5-9-4-3-7-14-12(9)11(10)13/h3-5,7,9H,6,8H2,1-2H3;2*7-8H,4-6H2,1-3H3;4*6-7,9,14H,4-5,8H2,1-3H3;2*5-6,8,14H,3-4,7H2,1-2H3. The van der Waals surface area contributed by atoms with Gasteiger partial charge in [0.1, 0.15) is 17.2 Å². The SMILES string of the molecule is CC(C)c1ccc2c(c1Cl)NCCC2.CC(C)c1ccc2c(c1Cl)NCCC2.CC(C)c1ccc2c3c(ccnc13)CCO2.Cc1c(C(C)C)ccc2c1NCCC2.Cc1c(C(C)C)ccc2c1NCCC2.Cc1c(C(C)C)ccc2c1NCCC2.Cc1c(C(C)C)ccc2c1NCCC2.Cc1cc(C(C)C)c(Cl)c2c1OCCC2.Cc1cc(C(C)C)c(Cl)c2c1OCCC2. The van der Waals surface area contributed by atoms with Crippen molar-refractivity contribution in [1.82, 2.24) is 4.98 Å². The number of hydrogen-bond donors (Lipinski definition) is 6. The molecule has 0 bridgehead atoms. The van der Waals surface area contributed by atoms with E-state index >= 15 is 0 Å². The topological polar surface area (TPSA) is 113 Å². The smallest absolute Gasteiger partial charge is 0.129 e. The summed E-state index contributed by atoms with van der Waals surface area (Å²) >= 11 is 25.5. The maximum absolute atomic E-state index is 6.41. The lowest BCUT2D eigenvalue weighted by atomic mass is 9.91. The Balaban J connectivity index is 0.000000141. The molecular weight excluding hydrogens is 1680 g/mol. The van der Waals surface area contributed by atoms with Crippen LogP contribution in [0.1, 0.15) is 363 Å². The van der Waals surface area contributed by atoms with Crippen molar-refractivity contribution in [2.24, 2.45) is 0 Å². The maximum atomic E-state index is 6.41. The van der Waals surface area contributed by atoms with Gasteiger partial charge in [-0.15, -0.1) is 0 Å². The number of ether oxygens (including phenoxy) is 3. The lowest BCUT2D eigenvalue weighted by Gasteiger charge is -2.23. The molecule has 10 heterocycles. The second-order valence-electron chi connectivity index (χ2n) is 40.0. The number of benzene rings is 9. The zero-order chi connectivity index (χ0) is 93.9. The molecule has 0 spiro atoms. The summed E-state index contributed by atoms with van der Waals surface area (Å²) in [4.78, 5) is 4.53. The molecule has 10 aromatic rings. The summed E-state index contributed by atoms with van der Waals surface area (Å²) in [5.74, 6) is 8.00. The summed E-state index contributed by atoms with van der Waals surface area (Å²) in [5, 5.41) is 25.8. The molecule has 9 aliphatic rings. The van der Waals surface area contributed by atoms with Crippen molar-refractivity contribution in [2.45, 2.75) is 329 Å². The first-order valence-electron chi connectivity index (χ1n) is 49.7. The number of nitrogens with zero attached hydrogens (tertiary/aromatic N) is 1. The molecule has 702 valence electrons. The quantitative estimate of drug-likeness (QED) is 0.0836. The van der Waals surface area contributed by atoms with E-state index in [-0.39, 0.29) is 0 Å². The Morgan fingerprint density at radius 1 is 0.262 bits per heavy atom. The molecule has 14 heteroatoms. The molecule has 0 unspecified atom stereocenters. The minimum atomic E-state index is 0.475. The van der Waals surface area contributed by atoms with Gasteiger partial charge in [0.15, 0.2) is 0 Å². The summed E-state index contributed by atoms with van der Waals surface area (Å²) in [6, 6.07) is 37.8. The number of pyridine rings is 1. The normalized spacial score (nSPS) is 15.0. The fourth-order valence-electron chi connectivity index (χ4n) is 20.0. The molecule has 130 heavy (non-hydrogen) atoms. The van der Waals surface area contributed by atoms with Gasteiger partial charge in [-0.2, -0.15) is 0 Å². The highest BCUT2D eigenvalue weighted by atomic mass is 35.5. The van der Waals surface area contributed by atoms with E-state index in [0.717, 1.165) is 147 Å². The van der Waals surface area contributed by atoms with Crippen LogP contribution >= 0.6 is 46.4 Å². The molecule has 0 amide bonds. The van der Waals surface area contributed by atoms with Crippen molar-refractivity contribution in [3.05, 3.63) is 263 Å². The van der Waals surface area contributed by atoms with Crippen LogP contribution in [0.4, 0.5) is 34.1 Å². The first kappa shape index (κ1) is 102. The Bertz CT molecular complexity index is 4860. The van der Waals surface area contributed by atoms with E-state index in [4.69, 9.17) is 60.6 Å². The van der Waals surface area contributed by atoms with Crippen molar-refractivity contribution in [2.75, 3.05) is 91.0 Å². The number of nitrogens with one attached hydrogen (secondary N) is 6. The average molecular weight is 1840 g/mol. The van der Waals surface area contributed by atoms with Gasteiger partial charge < -0.3 is 46.1 Å². The highest BCUT2D eigenvalue weighted by molar-refractivity contribution is 6.35. The van der Waals surface area contributed by atoms with Gasteiger partial charge in [-0.1, -0.05) is 262 Å². The Hall–Kier alpha value is -8.25. The van der Waals surface area contributed by atoms with Crippen LogP contribution < -0.4 is 46.1 Å². The van der Waals surface area contributed by atoms with E-state index in [2.05, 4.69) is 306 Å². The van der Waals surface area contributed by atoms with Crippen LogP contribution in [0.5, 0.6) is 17.2 Å². The van der Waals surface area contributed by atoms with E-state index in [9.17, 15) is 0 Å². The van der Waals surface area contributed by atoms with Gasteiger partial charge in [-0.05, 0) is 332 Å². The van der Waals surface area contributed by atoms with E-state index in [1.54, 1.807) is 0 Å². The average Bonchev–Trinajstić information content (AvgIpc) is 0.818. The molecule has 0 fully saturated rings. The fourth-order valence-corrected chi connectivity index (χ4v) is 21.9. The van der Waals surface area contributed by atoms with E-state index < -0.39 is 0 Å². The minimum absolute atomic E-state index is 0.475. The van der Waals surface area contributed by atoms with Crippen LogP contribution in [0.15, 0.2) is 109 Å². The third-order valence-corrected chi connectivity index (χ3v) is 29.0. The summed E-state index contributed by atoms with van der Waals surface area (Å²) in [7, 11) is 0. The molecule has 9 aliphatic heterocycles. The number of fused-ring (bicyclic) bond motifs is 8. The van der Waals surface area contributed by atoms with Crippen LogP contribution in [0.2, 0.25) is 20.1 Å². The summed E-state index contributed by atoms with van der Waals surface area (Å²) in [6.45, 7) is 62.2. The largest absolute Gasteiger partial charge is 0.493 e. The number of halogens is 4. The van der Waals surface area contributed by atoms with Crippen LogP contribution in [0, 0.1) is 41.5 Å². The highest BCUT2D eigenvalue weighted by Gasteiger charge is 2.27. The van der Waals surface area contributed by atoms with Crippen LogP contribution in [-0.4, -0.2) is 64.1 Å². The molecule has 0 aliphatic carbocycles. The Labute approximate surface area is 804 Å². The first-order valence-corrected chi connectivity index (χ1v) is 51.2. The molecular formula is C116H157Cl4N7O3. The van der Waals surface area contributed by atoms with Gasteiger partial charge in [0.05, 0.1) is 56.8 Å². The Morgan fingerprint density at radius 3 is 0.838 bits per heavy atom. The molecule has 6 N–H and O–H groups in total. The fraction of sp³-hybridized carbons (Fsp3) is 0.509. The van der Waals surface area contributed by atoms with Crippen LogP contribution in [0.3, 0.4) is 0 Å². The number of rotatable bonds is 9. The van der Waals surface area contributed by atoms with Gasteiger partial charge in [0.2, 0.25) is 0 Å². The van der Waals surface area contributed by atoms with Gasteiger partial charge in [0.25, 0.3) is 0 Å². The number of aryl methyl sites for hydroxylation is 8. The van der Waals surface area contributed by atoms with E-state index in [1.165, 1.54) is 237 Å². The van der Waals surface area contributed by atoms with Crippen molar-refractivity contribution in [3.8, 4) is 17.2 Å². The third-order valence-electron chi connectivity index (χ3n) is 27.3. The molecule has 19 rings (SSSR count). The molecule has 10 nitrogen and oxygen atoms in total. The maximum Gasteiger partial charge on any atom is 0.129 e. The number of aromatic nitrogens is 1. The lowest BCUT2D eigenvalue weighted by Crippen LogP contribution is -2.14. The van der Waals surface area contributed by atoms with Gasteiger partial charge in [-0.25, -0.2) is 0 Å². The molecule has 0 atom stereocenters. The van der Waals surface area contributed by atoms with Gasteiger partial charge in [-0.3, -0.25) is 4.98 Å². The minimum Gasteiger partial charge on any atom is -0.493 e. The first-order chi connectivity index (χ1) is 62.2. The monoisotopic (exact) mass is 1840 g/mol. The van der Waals surface area contributed by atoms with E-state index in [1.807, 2.05) is 6.20 Å². The molecule has 0 radical (unpaired) electrons. The van der Waals surface area contributed by atoms with Crippen molar-refractivity contribution in [1.29, 1.82) is 0 Å². The van der Waals surface area contributed by atoms with Crippen LogP contribution in [0.25, 0.3) is 10.9 Å².